The minimum absolute atomic E-state index is 0. The molecule has 0 saturated carbocycles. The Bertz CT molecular complexity index is 4260. The third kappa shape index (κ3) is 25.6. The van der Waals surface area contributed by atoms with Gasteiger partial charge in [-0.1, -0.05) is 203 Å². The summed E-state index contributed by atoms with van der Waals surface area (Å²) in [6, 6.07) is 95.2. The van der Waals surface area contributed by atoms with Gasteiger partial charge in [-0.15, -0.1) is 0 Å². The first-order chi connectivity index (χ1) is 47.4. The van der Waals surface area contributed by atoms with Crippen molar-refractivity contribution in [3.8, 4) is 0 Å². The third-order valence-corrected chi connectivity index (χ3v) is 14.2. The van der Waals surface area contributed by atoms with E-state index >= 15 is 0 Å². The Kier molecular flexibility index (Phi) is 32.1. The van der Waals surface area contributed by atoms with Crippen molar-refractivity contribution < 1.29 is 40.8 Å². The second kappa shape index (κ2) is 41.5. The molecule has 24 heteroatoms. The van der Waals surface area contributed by atoms with E-state index in [9.17, 15) is 0 Å². The number of para-hydroxylation sites is 4. The van der Waals surface area contributed by atoms with E-state index in [1.54, 1.807) is 67.1 Å². The summed E-state index contributed by atoms with van der Waals surface area (Å²) in [5.74, 6) is 6.30. The van der Waals surface area contributed by atoms with Gasteiger partial charge in [-0.3, -0.25) is 19.7 Å². The van der Waals surface area contributed by atoms with Gasteiger partial charge in [0.15, 0.2) is 0 Å². The largest absolute Gasteiger partial charge is 0.399 e. The number of benzene rings is 4. The van der Waals surface area contributed by atoms with Gasteiger partial charge in [-0.2, -0.15) is 0 Å². The first-order valence-electron chi connectivity index (χ1n) is 29.7. The zero-order valence-electron chi connectivity index (χ0n) is 52.2. The van der Waals surface area contributed by atoms with E-state index < -0.39 is 0 Å². The molecular weight excluding hydrogens is 1550 g/mol. The molecule has 0 bridgehead atoms. The van der Waals surface area contributed by atoms with Crippen LogP contribution in [0.1, 0.15) is 11.4 Å². The quantitative estimate of drug-likeness (QED) is 0.0558. The molecule has 0 spiro atoms. The molecule has 4 aromatic carbocycles. The molecule has 10 heterocycles. The summed E-state index contributed by atoms with van der Waals surface area (Å²) in [6.45, 7) is 0. The fraction of sp³-hybridized carbons (Fsp3) is 0.0133. The van der Waals surface area contributed by atoms with E-state index in [-0.39, 0.29) is 40.8 Å². The van der Waals surface area contributed by atoms with Crippen molar-refractivity contribution in [1.29, 1.82) is 0 Å². The fourth-order valence-electron chi connectivity index (χ4n) is 8.74. The molecule has 0 radical (unpaired) electrons. The average molecular weight is 1610 g/mol. The van der Waals surface area contributed by atoms with Gasteiger partial charge in [0.1, 0.15) is 83.3 Å². The normalized spacial score (nSPS) is 9.88. The van der Waals surface area contributed by atoms with Crippen LogP contribution in [0.5, 0.6) is 0 Å². The molecule has 99 heavy (non-hydrogen) atoms. The van der Waals surface area contributed by atoms with Crippen molar-refractivity contribution in [1.82, 2.24) is 49.8 Å². The molecule has 0 aliphatic carbocycles. The first-order valence-corrected chi connectivity index (χ1v) is 32.0. The van der Waals surface area contributed by atoms with Gasteiger partial charge < -0.3 is 16.8 Å². The van der Waals surface area contributed by atoms with Crippen molar-refractivity contribution in [3.05, 3.63) is 364 Å². The van der Waals surface area contributed by atoms with Crippen molar-refractivity contribution in [2.45, 2.75) is 6.42 Å². The SMILES string of the molecule is Clc1cccc(Cl)n1.Clc1cccc(N(c2ccccc2)c2cccc(Cl)n2)n1.Clc1cccc(N(c2ccccc2)c2cccc(Cl)n2)n1.Nc1ccccc1.Nc1ccccn1.[Pd].[Pd].c1ccc(N(c2cccc(Cc3ccccn3)n2)c2cccc(Nc3ccccn3)n2)cc1. The third-order valence-electron chi connectivity index (χ3n) is 12.9. The summed E-state index contributed by atoms with van der Waals surface area (Å²) in [4.78, 5) is 49.3. The van der Waals surface area contributed by atoms with Crippen LogP contribution >= 0.6 is 69.6 Å². The summed E-state index contributed by atoms with van der Waals surface area (Å²) in [7, 11) is 0. The van der Waals surface area contributed by atoms with Gasteiger partial charge in [-0.05, 0) is 170 Å². The molecule has 10 aromatic heterocycles. The number of hydrogen-bond donors (Lipinski definition) is 3. The topological polar surface area (TPSA) is 203 Å². The van der Waals surface area contributed by atoms with Crippen molar-refractivity contribution in [2.24, 2.45) is 0 Å². The predicted molar refractivity (Wildman–Crippen MR) is 399 cm³/mol. The van der Waals surface area contributed by atoms with E-state index in [1.807, 2.05) is 269 Å². The summed E-state index contributed by atoms with van der Waals surface area (Å²) in [5, 5.41) is 5.83. The molecule has 0 fully saturated rings. The molecule has 0 aliphatic heterocycles. The Balaban J connectivity index is 0.000000182. The molecule has 0 saturated heterocycles. The first kappa shape index (κ1) is 76.6. The smallest absolute Gasteiger partial charge is 0.141 e. The van der Waals surface area contributed by atoms with Crippen LogP contribution in [0.15, 0.2) is 322 Å². The van der Waals surface area contributed by atoms with Crippen LogP contribution in [0.3, 0.4) is 0 Å². The van der Waals surface area contributed by atoms with E-state index in [1.165, 1.54) is 0 Å². The standard InChI is InChI=1S/C27H22N6.2C16H11Cl2N3.C6H7N.C5H3Cl2N.C5H6N2.2Pd/c1-2-12-23(13-3-1)33(26-16-8-11-22(30-26)20-21-10-4-6-18-28-21)27-17-9-15-25(32-27)31-24-14-5-7-19-29-24;2*17-13-8-4-10-15(19-13)21(12-6-2-1-3-7-12)16-11-5-9-14(18)20-16;7-6-4-2-1-3-5-6;6-4-2-1-3-5(7)8-4;6-5-3-1-2-4-7-5;;/h1-19H,20H2,(H,29,31,32);2*1-11H;1-5H,7H2;1-3H;1-4H,(H2,6,7);;. The number of nitrogens with zero attached hydrogens (tertiary/aromatic N) is 13. The Hall–Kier alpha value is -9.76. The van der Waals surface area contributed by atoms with Gasteiger partial charge in [0.2, 0.25) is 0 Å². The molecule has 14 aromatic rings. The Morgan fingerprint density at radius 2 is 0.576 bits per heavy atom. The molecule has 0 atom stereocenters. The van der Waals surface area contributed by atoms with Gasteiger partial charge in [0, 0.05) is 100.0 Å². The number of pyridine rings is 10. The fourth-order valence-corrected chi connectivity index (χ4v) is 9.75. The summed E-state index contributed by atoms with van der Waals surface area (Å²) < 4.78 is 0. The number of anilines is 13. The average Bonchev–Trinajstić information content (AvgIpc) is 0.824. The summed E-state index contributed by atoms with van der Waals surface area (Å²) in [5.41, 5.74) is 16.2. The van der Waals surface area contributed by atoms with Crippen LogP contribution in [-0.2, 0) is 47.3 Å². The van der Waals surface area contributed by atoms with Crippen LogP contribution in [0.2, 0.25) is 30.9 Å². The zero-order chi connectivity index (χ0) is 67.8. The summed E-state index contributed by atoms with van der Waals surface area (Å²) >= 11 is 34.9. The van der Waals surface area contributed by atoms with Crippen LogP contribution in [0.25, 0.3) is 0 Å². The minimum atomic E-state index is 0. The van der Waals surface area contributed by atoms with Gasteiger partial charge in [-0.25, -0.2) is 44.9 Å². The molecular formula is C75H60Cl6N16Pd2. The maximum absolute atomic E-state index is 6.01. The van der Waals surface area contributed by atoms with E-state index in [0.29, 0.717) is 72.2 Å². The Morgan fingerprint density at radius 3 is 0.899 bits per heavy atom. The minimum Gasteiger partial charge on any atom is -0.399 e. The molecule has 502 valence electrons. The van der Waals surface area contributed by atoms with Gasteiger partial charge in [0.25, 0.3) is 0 Å². The molecule has 0 amide bonds. The van der Waals surface area contributed by atoms with Crippen LogP contribution in [-0.4, -0.2) is 49.8 Å². The Morgan fingerprint density at radius 1 is 0.263 bits per heavy atom. The molecule has 0 aliphatic rings. The molecule has 14 rings (SSSR count). The van der Waals surface area contributed by atoms with Crippen LogP contribution < -0.4 is 31.5 Å². The maximum atomic E-state index is 6.01. The number of rotatable bonds is 13. The second-order valence-corrected chi connectivity index (χ2v) is 22.3. The van der Waals surface area contributed by atoms with Crippen molar-refractivity contribution in [3.63, 3.8) is 0 Å². The molecule has 5 N–H and O–H groups in total. The summed E-state index contributed by atoms with van der Waals surface area (Å²) in [6.07, 6.45) is 5.88. The second-order valence-electron chi connectivity index (χ2n) is 19.9. The molecule has 16 nitrogen and oxygen atoms in total. The van der Waals surface area contributed by atoms with Crippen molar-refractivity contribution >= 4 is 145 Å². The monoisotopic (exact) mass is 1610 g/mol. The maximum Gasteiger partial charge on any atom is 0.141 e. The van der Waals surface area contributed by atoms with Gasteiger partial charge in [0.05, 0.1) is 0 Å². The number of nitrogen functional groups attached to an aromatic ring is 2. The number of nitrogens with two attached hydrogens (primary N) is 2. The Labute approximate surface area is 632 Å². The van der Waals surface area contributed by atoms with Crippen LogP contribution in [0.4, 0.5) is 75.1 Å². The molecule has 0 unspecified atom stereocenters. The predicted octanol–water partition coefficient (Wildman–Crippen LogP) is 20.9. The zero-order valence-corrected chi connectivity index (χ0v) is 59.8. The number of aromatic nitrogens is 10. The number of halogens is 6. The van der Waals surface area contributed by atoms with E-state index in [4.69, 9.17) is 91.0 Å². The van der Waals surface area contributed by atoms with Crippen molar-refractivity contribution in [2.75, 3.05) is 31.5 Å². The van der Waals surface area contributed by atoms with Crippen LogP contribution in [0, 0.1) is 0 Å². The number of nitrogens with one attached hydrogen (secondary N) is 1. The van der Waals surface area contributed by atoms with E-state index in [0.717, 1.165) is 51.6 Å². The van der Waals surface area contributed by atoms with E-state index in [2.05, 4.69) is 45.2 Å². The van der Waals surface area contributed by atoms with Gasteiger partial charge >= 0.3 is 0 Å². The number of hydrogen-bond acceptors (Lipinski definition) is 16.